The second-order valence-corrected chi connectivity index (χ2v) is 4.62. The zero-order chi connectivity index (χ0) is 15.4. The molecule has 6 heteroatoms. The maximum Gasteiger partial charge on any atom is 0.371 e. The van der Waals surface area contributed by atoms with E-state index in [0.717, 1.165) is 11.3 Å². The Morgan fingerprint density at radius 3 is 2.43 bits per heavy atom. The number of benzene rings is 1. The Morgan fingerprint density at radius 1 is 1.19 bits per heavy atom. The first-order valence-corrected chi connectivity index (χ1v) is 6.37. The van der Waals surface area contributed by atoms with Crippen molar-refractivity contribution in [1.82, 2.24) is 5.32 Å². The number of hydrogen-bond acceptors (Lipinski definition) is 3. The standard InChI is InChI=1S/C15H16N2O4/c1-10-3-5-11(6-4-10)17(2)15(20)16-9-12-7-8-13(21-12)14(18)19/h3-8H,9H2,1-2H3,(H,16,20)(H,18,19). The second-order valence-electron chi connectivity index (χ2n) is 4.62. The van der Waals surface area contributed by atoms with Gasteiger partial charge in [-0.15, -0.1) is 0 Å². The zero-order valence-corrected chi connectivity index (χ0v) is 11.8. The molecule has 1 aromatic heterocycles. The molecule has 0 saturated carbocycles. The molecule has 0 spiro atoms. The van der Waals surface area contributed by atoms with Crippen LogP contribution in [0.3, 0.4) is 0 Å². The van der Waals surface area contributed by atoms with Crippen LogP contribution in [0.1, 0.15) is 21.9 Å². The van der Waals surface area contributed by atoms with Crippen LogP contribution in [0.5, 0.6) is 0 Å². The molecule has 2 amide bonds. The predicted octanol–water partition coefficient (Wildman–Crippen LogP) is 2.63. The number of carbonyl (C=O) groups is 2. The van der Waals surface area contributed by atoms with E-state index in [1.165, 1.54) is 17.0 Å². The summed E-state index contributed by atoms with van der Waals surface area (Å²) in [5.74, 6) is -0.895. The first kappa shape index (κ1) is 14.6. The number of furan rings is 1. The number of aromatic carboxylic acids is 1. The molecule has 21 heavy (non-hydrogen) atoms. The van der Waals surface area contributed by atoms with E-state index in [2.05, 4.69) is 5.32 Å². The minimum Gasteiger partial charge on any atom is -0.475 e. The van der Waals surface area contributed by atoms with Crippen LogP contribution in [0.2, 0.25) is 0 Å². The lowest BCUT2D eigenvalue weighted by molar-refractivity contribution is 0.0660. The van der Waals surface area contributed by atoms with Gasteiger partial charge in [-0.1, -0.05) is 17.7 Å². The summed E-state index contributed by atoms with van der Waals surface area (Å²) in [6.07, 6.45) is 0. The molecule has 0 atom stereocenters. The van der Waals surface area contributed by atoms with Gasteiger partial charge >= 0.3 is 12.0 Å². The molecule has 2 rings (SSSR count). The first-order valence-electron chi connectivity index (χ1n) is 6.37. The summed E-state index contributed by atoms with van der Waals surface area (Å²) in [5, 5.41) is 11.4. The van der Waals surface area contributed by atoms with E-state index in [9.17, 15) is 9.59 Å². The topological polar surface area (TPSA) is 82.8 Å². The number of rotatable bonds is 4. The number of anilines is 1. The predicted molar refractivity (Wildman–Crippen MR) is 77.5 cm³/mol. The third-order valence-corrected chi connectivity index (χ3v) is 3.01. The van der Waals surface area contributed by atoms with Crippen LogP contribution < -0.4 is 10.2 Å². The number of urea groups is 1. The molecule has 0 aliphatic rings. The summed E-state index contributed by atoms with van der Waals surface area (Å²) in [6, 6.07) is 10.1. The highest BCUT2D eigenvalue weighted by molar-refractivity contribution is 5.91. The fourth-order valence-corrected chi connectivity index (χ4v) is 1.75. The van der Waals surface area contributed by atoms with E-state index in [-0.39, 0.29) is 18.3 Å². The molecule has 0 bridgehead atoms. The quantitative estimate of drug-likeness (QED) is 0.906. The average molecular weight is 288 g/mol. The summed E-state index contributed by atoms with van der Waals surface area (Å²) in [5.41, 5.74) is 1.88. The van der Waals surface area contributed by atoms with Crippen molar-refractivity contribution >= 4 is 17.7 Å². The van der Waals surface area contributed by atoms with Gasteiger partial charge in [-0.05, 0) is 31.2 Å². The van der Waals surface area contributed by atoms with E-state index < -0.39 is 5.97 Å². The van der Waals surface area contributed by atoms with Crippen LogP contribution in [-0.4, -0.2) is 24.2 Å². The van der Waals surface area contributed by atoms with Crippen LogP contribution in [-0.2, 0) is 6.54 Å². The molecule has 0 aliphatic carbocycles. The molecule has 6 nitrogen and oxygen atoms in total. The number of carbonyl (C=O) groups excluding carboxylic acids is 1. The van der Waals surface area contributed by atoms with Gasteiger partial charge in [0.1, 0.15) is 5.76 Å². The lowest BCUT2D eigenvalue weighted by atomic mass is 10.2. The van der Waals surface area contributed by atoms with Gasteiger partial charge in [0.05, 0.1) is 6.54 Å². The molecule has 1 heterocycles. The smallest absolute Gasteiger partial charge is 0.371 e. The van der Waals surface area contributed by atoms with Crippen molar-refractivity contribution in [2.75, 3.05) is 11.9 Å². The highest BCUT2D eigenvalue weighted by Crippen LogP contribution is 2.13. The van der Waals surface area contributed by atoms with Gasteiger partial charge in [0.2, 0.25) is 5.76 Å². The normalized spacial score (nSPS) is 10.2. The molecule has 0 unspecified atom stereocenters. The first-order chi connectivity index (χ1) is 9.97. The van der Waals surface area contributed by atoms with E-state index in [4.69, 9.17) is 9.52 Å². The maximum absolute atomic E-state index is 12.0. The third-order valence-electron chi connectivity index (χ3n) is 3.01. The van der Waals surface area contributed by atoms with Crippen LogP contribution in [0.15, 0.2) is 40.8 Å². The largest absolute Gasteiger partial charge is 0.475 e. The molecule has 0 aliphatic heterocycles. The monoisotopic (exact) mass is 288 g/mol. The van der Waals surface area contributed by atoms with Crippen LogP contribution in [0.4, 0.5) is 10.5 Å². The Bertz CT molecular complexity index is 646. The molecule has 110 valence electrons. The molecule has 0 fully saturated rings. The Hall–Kier alpha value is -2.76. The number of carboxylic acid groups (broad SMARTS) is 1. The van der Waals surface area contributed by atoms with Gasteiger partial charge < -0.3 is 14.8 Å². The van der Waals surface area contributed by atoms with Gasteiger partial charge in [0.25, 0.3) is 0 Å². The van der Waals surface area contributed by atoms with E-state index in [0.29, 0.717) is 5.76 Å². The molecule has 1 aromatic carbocycles. The average Bonchev–Trinajstić information content (AvgIpc) is 2.94. The van der Waals surface area contributed by atoms with Crippen molar-refractivity contribution in [1.29, 1.82) is 0 Å². The fraction of sp³-hybridized carbons (Fsp3) is 0.200. The number of hydrogen-bond donors (Lipinski definition) is 2. The lowest BCUT2D eigenvalue weighted by Crippen LogP contribution is -2.36. The summed E-state index contributed by atoms with van der Waals surface area (Å²) in [6.45, 7) is 2.10. The summed E-state index contributed by atoms with van der Waals surface area (Å²) in [7, 11) is 1.66. The molecule has 2 aromatic rings. The van der Waals surface area contributed by atoms with E-state index in [1.807, 2.05) is 31.2 Å². The maximum atomic E-state index is 12.0. The van der Waals surface area contributed by atoms with Gasteiger partial charge in [-0.2, -0.15) is 0 Å². The van der Waals surface area contributed by atoms with Crippen molar-refractivity contribution in [3.8, 4) is 0 Å². The van der Waals surface area contributed by atoms with Gasteiger partial charge in [-0.25, -0.2) is 9.59 Å². The van der Waals surface area contributed by atoms with Crippen molar-refractivity contribution in [2.24, 2.45) is 0 Å². The summed E-state index contributed by atoms with van der Waals surface area (Å²) in [4.78, 5) is 24.2. The van der Waals surface area contributed by atoms with Crippen LogP contribution in [0, 0.1) is 6.92 Å². The minimum atomic E-state index is -1.13. The fourth-order valence-electron chi connectivity index (χ4n) is 1.75. The summed E-state index contributed by atoms with van der Waals surface area (Å²) >= 11 is 0. The molecular weight excluding hydrogens is 272 g/mol. The molecular formula is C15H16N2O4. The van der Waals surface area contributed by atoms with Gasteiger partial charge in [0, 0.05) is 12.7 Å². The van der Waals surface area contributed by atoms with Crippen molar-refractivity contribution < 1.29 is 19.1 Å². The minimum absolute atomic E-state index is 0.127. The Labute approximate surface area is 122 Å². The Morgan fingerprint density at radius 2 is 1.86 bits per heavy atom. The van der Waals surface area contributed by atoms with Crippen LogP contribution >= 0.6 is 0 Å². The number of nitrogens with one attached hydrogen (secondary N) is 1. The van der Waals surface area contributed by atoms with Crippen molar-refractivity contribution in [3.05, 3.63) is 53.5 Å². The van der Waals surface area contributed by atoms with Gasteiger partial charge in [-0.3, -0.25) is 4.90 Å². The van der Waals surface area contributed by atoms with Crippen LogP contribution in [0.25, 0.3) is 0 Å². The molecule has 0 saturated heterocycles. The number of nitrogens with zero attached hydrogens (tertiary/aromatic N) is 1. The second kappa shape index (κ2) is 6.13. The number of aryl methyl sites for hydroxylation is 1. The molecule has 0 radical (unpaired) electrons. The highest BCUT2D eigenvalue weighted by Gasteiger charge is 2.12. The third kappa shape index (κ3) is 3.62. The Kier molecular flexibility index (Phi) is 4.27. The SMILES string of the molecule is Cc1ccc(N(C)C(=O)NCc2ccc(C(=O)O)o2)cc1. The lowest BCUT2D eigenvalue weighted by Gasteiger charge is -2.17. The zero-order valence-electron chi connectivity index (χ0n) is 11.8. The highest BCUT2D eigenvalue weighted by atomic mass is 16.4. The van der Waals surface area contributed by atoms with E-state index >= 15 is 0 Å². The number of carboxylic acids is 1. The van der Waals surface area contributed by atoms with Crippen molar-refractivity contribution in [2.45, 2.75) is 13.5 Å². The Balaban J connectivity index is 1.94. The van der Waals surface area contributed by atoms with Crippen molar-refractivity contribution in [3.63, 3.8) is 0 Å². The van der Waals surface area contributed by atoms with E-state index in [1.54, 1.807) is 7.05 Å². The molecule has 2 N–H and O–H groups in total. The van der Waals surface area contributed by atoms with Gasteiger partial charge in [0.15, 0.2) is 0 Å². The summed E-state index contributed by atoms with van der Waals surface area (Å²) < 4.78 is 5.06. The number of amides is 2.